The lowest BCUT2D eigenvalue weighted by atomic mass is 9.86. The zero-order chi connectivity index (χ0) is 16.7. The van der Waals surface area contributed by atoms with Gasteiger partial charge in [-0.25, -0.2) is 0 Å². The van der Waals surface area contributed by atoms with Crippen LogP contribution in [0.5, 0.6) is 5.75 Å². The second-order valence-electron chi connectivity index (χ2n) is 5.69. The maximum atomic E-state index is 12.1. The van der Waals surface area contributed by atoms with Crippen molar-refractivity contribution in [1.82, 2.24) is 5.32 Å². The molecule has 1 atom stereocenters. The molecule has 0 aliphatic carbocycles. The SMILES string of the molecule is COc1ccccc1CC(=O)NCC(C(=O)O)C1CCOCC1. The normalized spacial score (nSPS) is 16.6. The fraction of sp³-hybridized carbons (Fsp3) is 0.529. The maximum Gasteiger partial charge on any atom is 0.308 e. The van der Waals surface area contributed by atoms with Gasteiger partial charge in [-0.2, -0.15) is 0 Å². The Labute approximate surface area is 135 Å². The van der Waals surface area contributed by atoms with E-state index >= 15 is 0 Å². The van der Waals surface area contributed by atoms with Crippen LogP contribution in [0.3, 0.4) is 0 Å². The number of carboxylic acid groups (broad SMARTS) is 1. The lowest BCUT2D eigenvalue weighted by Crippen LogP contribution is -2.39. The summed E-state index contributed by atoms with van der Waals surface area (Å²) in [5.74, 6) is -0.933. The molecule has 1 aliphatic heterocycles. The average molecular weight is 321 g/mol. The monoisotopic (exact) mass is 321 g/mol. The molecule has 0 bridgehead atoms. The van der Waals surface area contributed by atoms with Crippen LogP contribution in [0.15, 0.2) is 24.3 Å². The number of amides is 1. The van der Waals surface area contributed by atoms with E-state index in [4.69, 9.17) is 9.47 Å². The van der Waals surface area contributed by atoms with Crippen molar-refractivity contribution in [2.45, 2.75) is 19.3 Å². The highest BCUT2D eigenvalue weighted by Gasteiger charge is 2.30. The number of carbonyl (C=O) groups excluding carboxylic acids is 1. The van der Waals surface area contributed by atoms with Crippen LogP contribution in [0.25, 0.3) is 0 Å². The number of aliphatic carboxylic acids is 1. The van der Waals surface area contributed by atoms with Crippen LogP contribution in [-0.4, -0.2) is 43.9 Å². The first-order valence-electron chi connectivity index (χ1n) is 7.81. The number of nitrogens with one attached hydrogen (secondary N) is 1. The first-order chi connectivity index (χ1) is 11.1. The molecule has 0 saturated carbocycles. The van der Waals surface area contributed by atoms with Crippen LogP contribution in [0.2, 0.25) is 0 Å². The van der Waals surface area contributed by atoms with E-state index in [1.165, 1.54) is 0 Å². The summed E-state index contributed by atoms with van der Waals surface area (Å²) in [5, 5.41) is 12.1. The van der Waals surface area contributed by atoms with Crippen molar-refractivity contribution in [2.24, 2.45) is 11.8 Å². The third-order valence-corrected chi connectivity index (χ3v) is 4.21. The van der Waals surface area contributed by atoms with Gasteiger partial charge in [-0.3, -0.25) is 9.59 Å². The number of benzene rings is 1. The van der Waals surface area contributed by atoms with Gasteiger partial charge in [0.2, 0.25) is 5.91 Å². The minimum atomic E-state index is -0.866. The number of ether oxygens (including phenoxy) is 2. The van der Waals surface area contributed by atoms with E-state index in [0.29, 0.717) is 19.0 Å². The standard InChI is InChI=1S/C17H23NO5/c1-22-15-5-3-2-4-13(15)10-16(19)18-11-14(17(20)21)12-6-8-23-9-7-12/h2-5,12,14H,6-11H2,1H3,(H,18,19)(H,20,21). The van der Waals surface area contributed by atoms with Gasteiger partial charge in [0.1, 0.15) is 5.75 Å². The molecular formula is C17H23NO5. The van der Waals surface area contributed by atoms with Crippen molar-refractivity contribution in [2.75, 3.05) is 26.9 Å². The van der Waals surface area contributed by atoms with Crippen molar-refractivity contribution >= 4 is 11.9 Å². The molecule has 1 aromatic carbocycles. The zero-order valence-electron chi connectivity index (χ0n) is 13.3. The van der Waals surface area contributed by atoms with Crippen molar-refractivity contribution in [3.05, 3.63) is 29.8 Å². The summed E-state index contributed by atoms with van der Waals surface area (Å²) in [7, 11) is 1.56. The first kappa shape index (κ1) is 17.3. The van der Waals surface area contributed by atoms with Crippen LogP contribution in [0.4, 0.5) is 0 Å². The van der Waals surface area contributed by atoms with E-state index in [9.17, 15) is 14.7 Å². The Morgan fingerprint density at radius 3 is 2.70 bits per heavy atom. The van der Waals surface area contributed by atoms with Crippen LogP contribution in [0.1, 0.15) is 18.4 Å². The second-order valence-corrected chi connectivity index (χ2v) is 5.69. The van der Waals surface area contributed by atoms with E-state index in [-0.39, 0.29) is 24.8 Å². The number of carbonyl (C=O) groups is 2. The molecule has 2 N–H and O–H groups in total. The second kappa shape index (κ2) is 8.53. The van der Waals surface area contributed by atoms with Gasteiger partial charge in [-0.1, -0.05) is 18.2 Å². The highest BCUT2D eigenvalue weighted by molar-refractivity contribution is 5.80. The minimum absolute atomic E-state index is 0.0489. The highest BCUT2D eigenvalue weighted by Crippen LogP contribution is 2.24. The average Bonchev–Trinajstić information content (AvgIpc) is 2.56. The first-order valence-corrected chi connectivity index (χ1v) is 7.81. The number of para-hydroxylation sites is 1. The molecule has 1 aliphatic rings. The molecule has 1 fully saturated rings. The van der Waals surface area contributed by atoms with E-state index in [2.05, 4.69) is 5.32 Å². The summed E-state index contributed by atoms with van der Waals surface area (Å²) in [4.78, 5) is 23.6. The fourth-order valence-electron chi connectivity index (χ4n) is 2.88. The number of carboxylic acids is 1. The van der Waals surface area contributed by atoms with Gasteiger partial charge in [-0.15, -0.1) is 0 Å². The Kier molecular flexibility index (Phi) is 6.40. The molecule has 0 aromatic heterocycles. The van der Waals surface area contributed by atoms with E-state index < -0.39 is 11.9 Å². The molecule has 6 nitrogen and oxygen atoms in total. The minimum Gasteiger partial charge on any atom is -0.496 e. The van der Waals surface area contributed by atoms with Crippen molar-refractivity contribution < 1.29 is 24.2 Å². The molecule has 0 radical (unpaired) electrons. The Balaban J connectivity index is 1.89. The molecule has 2 rings (SSSR count). The third-order valence-electron chi connectivity index (χ3n) is 4.21. The topological polar surface area (TPSA) is 84.9 Å². The largest absolute Gasteiger partial charge is 0.496 e. The summed E-state index contributed by atoms with van der Waals surface area (Å²) < 4.78 is 10.5. The Morgan fingerprint density at radius 2 is 2.04 bits per heavy atom. The lowest BCUT2D eigenvalue weighted by Gasteiger charge is -2.27. The van der Waals surface area contributed by atoms with Gasteiger partial charge in [-0.05, 0) is 24.8 Å². The summed E-state index contributed by atoms with van der Waals surface area (Å²) in [5.41, 5.74) is 0.783. The van der Waals surface area contributed by atoms with Crippen LogP contribution < -0.4 is 10.1 Å². The predicted molar refractivity (Wildman–Crippen MR) is 84.4 cm³/mol. The maximum absolute atomic E-state index is 12.1. The van der Waals surface area contributed by atoms with Crippen molar-refractivity contribution in [3.8, 4) is 5.75 Å². The van der Waals surface area contributed by atoms with Crippen molar-refractivity contribution in [1.29, 1.82) is 0 Å². The quantitative estimate of drug-likeness (QED) is 0.794. The number of rotatable bonds is 7. The Bertz CT molecular complexity index is 540. The number of hydrogen-bond donors (Lipinski definition) is 2. The molecular weight excluding hydrogens is 298 g/mol. The van der Waals surface area contributed by atoms with Gasteiger partial charge in [0.25, 0.3) is 0 Å². The van der Waals surface area contributed by atoms with Gasteiger partial charge >= 0.3 is 5.97 Å². The third kappa shape index (κ3) is 4.96. The lowest BCUT2D eigenvalue weighted by molar-refractivity contribution is -0.144. The molecule has 6 heteroatoms. The number of methoxy groups -OCH3 is 1. The fourth-order valence-corrected chi connectivity index (χ4v) is 2.88. The smallest absolute Gasteiger partial charge is 0.308 e. The molecule has 1 amide bonds. The summed E-state index contributed by atoms with van der Waals surface area (Å²) in [6.07, 6.45) is 1.61. The van der Waals surface area contributed by atoms with Crippen molar-refractivity contribution in [3.63, 3.8) is 0 Å². The molecule has 1 saturated heterocycles. The van der Waals surface area contributed by atoms with Crippen LogP contribution in [0, 0.1) is 11.8 Å². The molecule has 1 aromatic rings. The molecule has 1 unspecified atom stereocenters. The molecule has 126 valence electrons. The zero-order valence-corrected chi connectivity index (χ0v) is 13.3. The molecule has 0 spiro atoms. The van der Waals surface area contributed by atoms with Crippen LogP contribution in [-0.2, 0) is 20.7 Å². The van der Waals surface area contributed by atoms with E-state index in [0.717, 1.165) is 18.4 Å². The highest BCUT2D eigenvalue weighted by atomic mass is 16.5. The van der Waals surface area contributed by atoms with E-state index in [1.807, 2.05) is 18.2 Å². The predicted octanol–water partition coefficient (Wildman–Crippen LogP) is 1.48. The van der Waals surface area contributed by atoms with Gasteiger partial charge in [0, 0.05) is 25.3 Å². The van der Waals surface area contributed by atoms with Gasteiger partial charge in [0.15, 0.2) is 0 Å². The summed E-state index contributed by atoms with van der Waals surface area (Å²) in [6.45, 7) is 1.32. The Hall–Kier alpha value is -2.08. The van der Waals surface area contributed by atoms with Gasteiger partial charge in [0.05, 0.1) is 19.4 Å². The Morgan fingerprint density at radius 1 is 1.35 bits per heavy atom. The van der Waals surface area contributed by atoms with Crippen LogP contribution >= 0.6 is 0 Å². The summed E-state index contributed by atoms with van der Waals surface area (Å²) in [6, 6.07) is 7.30. The number of hydrogen-bond acceptors (Lipinski definition) is 4. The summed E-state index contributed by atoms with van der Waals surface area (Å²) >= 11 is 0. The molecule has 1 heterocycles. The molecule has 23 heavy (non-hydrogen) atoms. The van der Waals surface area contributed by atoms with E-state index in [1.54, 1.807) is 13.2 Å². The van der Waals surface area contributed by atoms with Gasteiger partial charge < -0.3 is 19.9 Å².